The molecule has 1 aromatic rings. The van der Waals surface area contributed by atoms with Crippen LogP contribution in [0, 0.1) is 17.3 Å². The summed E-state index contributed by atoms with van der Waals surface area (Å²) in [6, 6.07) is 8.41. The molecule has 1 aromatic carbocycles. The van der Waals surface area contributed by atoms with Gasteiger partial charge in [-0.25, -0.2) is 0 Å². The minimum atomic E-state index is 0.0866. The van der Waals surface area contributed by atoms with E-state index in [4.69, 9.17) is 4.99 Å². The maximum atomic E-state index is 4.94. The van der Waals surface area contributed by atoms with Gasteiger partial charge in [-0.15, -0.1) is 0 Å². The Kier molecular flexibility index (Phi) is 1.76. The van der Waals surface area contributed by atoms with Crippen molar-refractivity contribution in [3.8, 4) is 0 Å². The standard InChI is InChI=1S/C16H20N2/c1-15(2)10-8-14-16(3,9-11(10)15)18-13-7-5-4-6-12(13)17-14/h4-7,10-11,18H,8-9H2,1-3H3/t10-,11+,16+/m1/s1. The first-order chi connectivity index (χ1) is 8.51. The molecule has 2 aliphatic carbocycles. The lowest BCUT2D eigenvalue weighted by Crippen LogP contribution is -2.47. The molecule has 0 aromatic heterocycles. The SMILES string of the molecule is CC1(C)[C@@H]2CC3=Nc4ccccc4N[C@@]3(C)C[C@@H]21. The van der Waals surface area contributed by atoms with Crippen molar-refractivity contribution in [3.63, 3.8) is 0 Å². The Bertz CT molecular complexity index is 558. The van der Waals surface area contributed by atoms with Crippen LogP contribution in [-0.4, -0.2) is 11.3 Å². The molecule has 18 heavy (non-hydrogen) atoms. The first-order valence-corrected chi connectivity index (χ1v) is 6.96. The monoisotopic (exact) mass is 240 g/mol. The summed E-state index contributed by atoms with van der Waals surface area (Å²) in [5.74, 6) is 1.73. The number of rotatable bonds is 0. The van der Waals surface area contributed by atoms with Crippen LogP contribution in [0.3, 0.4) is 0 Å². The molecule has 2 nitrogen and oxygen atoms in total. The average molecular weight is 240 g/mol. The van der Waals surface area contributed by atoms with Gasteiger partial charge < -0.3 is 5.32 Å². The third kappa shape index (κ3) is 1.21. The number of hydrogen-bond acceptors (Lipinski definition) is 2. The van der Waals surface area contributed by atoms with E-state index in [9.17, 15) is 0 Å². The van der Waals surface area contributed by atoms with Crippen molar-refractivity contribution in [3.05, 3.63) is 24.3 Å². The highest BCUT2D eigenvalue weighted by Crippen LogP contribution is 2.66. The van der Waals surface area contributed by atoms with Crippen LogP contribution < -0.4 is 5.32 Å². The maximum Gasteiger partial charge on any atom is 0.0861 e. The smallest absolute Gasteiger partial charge is 0.0861 e. The van der Waals surface area contributed by atoms with Gasteiger partial charge in [-0.3, -0.25) is 4.99 Å². The van der Waals surface area contributed by atoms with Crippen LogP contribution in [0.5, 0.6) is 0 Å². The molecule has 0 radical (unpaired) electrons. The van der Waals surface area contributed by atoms with Crippen LogP contribution in [-0.2, 0) is 0 Å². The second-order valence-corrected chi connectivity index (χ2v) is 6.98. The van der Waals surface area contributed by atoms with E-state index in [1.54, 1.807) is 0 Å². The van der Waals surface area contributed by atoms with Gasteiger partial charge in [0.05, 0.1) is 16.9 Å². The van der Waals surface area contributed by atoms with E-state index in [1.807, 2.05) is 0 Å². The molecule has 0 amide bonds. The molecular weight excluding hydrogens is 220 g/mol. The fourth-order valence-corrected chi connectivity index (χ4v) is 4.07. The summed E-state index contributed by atoms with van der Waals surface area (Å²) >= 11 is 0. The number of anilines is 1. The fourth-order valence-electron chi connectivity index (χ4n) is 4.07. The molecule has 1 aliphatic heterocycles. The van der Waals surface area contributed by atoms with Crippen LogP contribution in [0.15, 0.2) is 29.3 Å². The van der Waals surface area contributed by atoms with Gasteiger partial charge >= 0.3 is 0 Å². The van der Waals surface area contributed by atoms with Crippen LogP contribution >= 0.6 is 0 Å². The van der Waals surface area contributed by atoms with Crippen LogP contribution in [0.2, 0.25) is 0 Å². The highest BCUT2D eigenvalue weighted by atomic mass is 15.1. The zero-order valence-corrected chi connectivity index (χ0v) is 11.3. The summed E-state index contributed by atoms with van der Waals surface area (Å²) in [7, 11) is 0. The second kappa shape index (κ2) is 2.98. The molecule has 0 bridgehead atoms. The maximum absolute atomic E-state index is 4.94. The Morgan fingerprint density at radius 1 is 1.17 bits per heavy atom. The van der Waals surface area contributed by atoms with Crippen LogP contribution in [0.1, 0.15) is 33.6 Å². The molecule has 1 N–H and O–H groups in total. The highest BCUT2D eigenvalue weighted by molar-refractivity contribution is 6.02. The first-order valence-electron chi connectivity index (χ1n) is 6.96. The van der Waals surface area contributed by atoms with E-state index in [0.29, 0.717) is 5.41 Å². The zero-order chi connectivity index (χ0) is 12.5. The number of hydrogen-bond donors (Lipinski definition) is 1. The molecule has 0 saturated heterocycles. The first kappa shape index (κ1) is 10.6. The minimum Gasteiger partial charge on any atom is -0.373 e. The predicted molar refractivity (Wildman–Crippen MR) is 75.6 cm³/mol. The third-order valence-corrected chi connectivity index (χ3v) is 5.54. The molecule has 2 saturated carbocycles. The third-order valence-electron chi connectivity index (χ3n) is 5.54. The number of nitrogens with zero attached hydrogens (tertiary/aromatic N) is 1. The summed E-state index contributed by atoms with van der Waals surface area (Å²) < 4.78 is 0. The van der Waals surface area contributed by atoms with E-state index >= 15 is 0 Å². The molecular formula is C16H20N2. The van der Waals surface area contributed by atoms with E-state index in [0.717, 1.165) is 17.5 Å². The molecule has 3 atom stereocenters. The van der Waals surface area contributed by atoms with Gasteiger partial charge in [-0.05, 0) is 49.1 Å². The van der Waals surface area contributed by atoms with E-state index in [2.05, 4.69) is 50.4 Å². The zero-order valence-electron chi connectivity index (χ0n) is 11.3. The van der Waals surface area contributed by atoms with Crippen molar-refractivity contribution in [2.45, 2.75) is 39.2 Å². The molecule has 4 rings (SSSR count). The summed E-state index contributed by atoms with van der Waals surface area (Å²) in [6.45, 7) is 7.15. The van der Waals surface area contributed by atoms with Gasteiger partial charge in [0.25, 0.3) is 0 Å². The van der Waals surface area contributed by atoms with Crippen molar-refractivity contribution in [2.75, 3.05) is 5.32 Å². The van der Waals surface area contributed by atoms with Gasteiger partial charge in [0, 0.05) is 5.71 Å². The summed E-state index contributed by atoms with van der Waals surface area (Å²) in [5.41, 5.74) is 4.29. The van der Waals surface area contributed by atoms with Gasteiger partial charge in [0.2, 0.25) is 0 Å². The Morgan fingerprint density at radius 2 is 1.94 bits per heavy atom. The quantitative estimate of drug-likeness (QED) is 0.728. The topological polar surface area (TPSA) is 24.4 Å². The number of para-hydroxylation sites is 2. The van der Waals surface area contributed by atoms with Crippen molar-refractivity contribution >= 4 is 17.1 Å². The number of benzene rings is 1. The van der Waals surface area contributed by atoms with Crippen molar-refractivity contribution in [1.82, 2.24) is 0 Å². The molecule has 2 heteroatoms. The van der Waals surface area contributed by atoms with Gasteiger partial charge in [0.1, 0.15) is 0 Å². The summed E-state index contributed by atoms with van der Waals surface area (Å²) in [5, 5.41) is 3.74. The molecule has 3 aliphatic rings. The summed E-state index contributed by atoms with van der Waals surface area (Å²) in [6.07, 6.45) is 2.41. The van der Waals surface area contributed by atoms with Gasteiger partial charge in [-0.2, -0.15) is 0 Å². The van der Waals surface area contributed by atoms with E-state index in [-0.39, 0.29) is 5.54 Å². The fraction of sp³-hybridized carbons (Fsp3) is 0.562. The van der Waals surface area contributed by atoms with E-state index < -0.39 is 0 Å². The van der Waals surface area contributed by atoms with E-state index in [1.165, 1.54) is 24.2 Å². The molecule has 94 valence electrons. The van der Waals surface area contributed by atoms with Crippen LogP contribution in [0.4, 0.5) is 11.4 Å². The second-order valence-electron chi connectivity index (χ2n) is 6.98. The Labute approximate surface area is 109 Å². The molecule has 2 fully saturated rings. The Morgan fingerprint density at radius 3 is 2.78 bits per heavy atom. The van der Waals surface area contributed by atoms with Crippen LogP contribution in [0.25, 0.3) is 0 Å². The lowest BCUT2D eigenvalue weighted by molar-refractivity contribution is 0.467. The normalized spacial score (nSPS) is 38.7. The largest absolute Gasteiger partial charge is 0.373 e. The molecule has 0 unspecified atom stereocenters. The molecule has 1 heterocycles. The number of nitrogens with one attached hydrogen (secondary N) is 1. The molecule has 0 spiro atoms. The summed E-state index contributed by atoms with van der Waals surface area (Å²) in [4.78, 5) is 4.94. The minimum absolute atomic E-state index is 0.0866. The number of fused-ring (bicyclic) bond motifs is 3. The Hall–Kier alpha value is -1.31. The van der Waals surface area contributed by atoms with Crippen molar-refractivity contribution < 1.29 is 0 Å². The highest BCUT2D eigenvalue weighted by Gasteiger charge is 2.63. The van der Waals surface area contributed by atoms with Crippen molar-refractivity contribution in [2.24, 2.45) is 22.2 Å². The lowest BCUT2D eigenvalue weighted by Gasteiger charge is -2.40. The van der Waals surface area contributed by atoms with Gasteiger partial charge in [0.15, 0.2) is 0 Å². The van der Waals surface area contributed by atoms with Gasteiger partial charge in [-0.1, -0.05) is 26.0 Å². The predicted octanol–water partition coefficient (Wildman–Crippen LogP) is 4.01. The number of aliphatic imine (C=N–C) groups is 1. The van der Waals surface area contributed by atoms with Crippen molar-refractivity contribution in [1.29, 1.82) is 0 Å². The lowest BCUT2D eigenvalue weighted by atomic mass is 9.80. The average Bonchev–Trinajstić information content (AvgIpc) is 2.83. The Balaban J connectivity index is 1.78.